The van der Waals surface area contributed by atoms with E-state index in [1.165, 1.54) is 0 Å². The van der Waals surface area contributed by atoms with E-state index in [4.69, 9.17) is 9.47 Å². The van der Waals surface area contributed by atoms with Gasteiger partial charge in [0, 0.05) is 29.4 Å². The van der Waals surface area contributed by atoms with Crippen LogP contribution in [0.1, 0.15) is 38.2 Å². The van der Waals surface area contributed by atoms with Gasteiger partial charge in [-0.05, 0) is 38.0 Å². The Kier molecular flexibility index (Phi) is 4.66. The summed E-state index contributed by atoms with van der Waals surface area (Å²) in [5, 5.41) is 4.09. The van der Waals surface area contributed by atoms with Gasteiger partial charge in [0.05, 0.1) is 6.61 Å². The third-order valence-electron chi connectivity index (χ3n) is 4.83. The molecule has 1 aliphatic carbocycles. The molecule has 1 aliphatic heterocycles. The van der Waals surface area contributed by atoms with E-state index in [1.54, 1.807) is 25.4 Å². The molecule has 0 radical (unpaired) electrons. The first-order valence-electron chi connectivity index (χ1n) is 9.21. The van der Waals surface area contributed by atoms with Crippen molar-refractivity contribution in [3.8, 4) is 0 Å². The van der Waals surface area contributed by atoms with Crippen molar-refractivity contribution in [3.05, 3.63) is 47.3 Å². The van der Waals surface area contributed by atoms with E-state index in [0.717, 1.165) is 42.3 Å². The Balaban J connectivity index is 1.66. The van der Waals surface area contributed by atoms with Crippen LogP contribution in [0, 0.1) is 0 Å². The van der Waals surface area contributed by atoms with E-state index in [2.05, 4.69) is 15.3 Å². The number of nitrogens with zero attached hydrogens (tertiary/aromatic N) is 1. The topological polar surface area (TPSA) is 93.3 Å². The van der Waals surface area contributed by atoms with Crippen LogP contribution in [0.4, 0.5) is 0 Å². The monoisotopic (exact) mass is 367 g/mol. The van der Waals surface area contributed by atoms with Crippen LogP contribution in [0.2, 0.25) is 0 Å². The Bertz CT molecular complexity index is 951. The van der Waals surface area contributed by atoms with Gasteiger partial charge in [-0.3, -0.25) is 4.79 Å². The van der Waals surface area contributed by atoms with Crippen LogP contribution in [0.5, 0.6) is 0 Å². The van der Waals surface area contributed by atoms with Gasteiger partial charge in [0.2, 0.25) is 11.7 Å². The minimum atomic E-state index is -0.660. The summed E-state index contributed by atoms with van der Waals surface area (Å²) >= 11 is 0. The number of hydrogen-bond acceptors (Lipinski definition) is 6. The Morgan fingerprint density at radius 2 is 2.26 bits per heavy atom. The highest BCUT2D eigenvalue weighted by molar-refractivity contribution is 6.26. The van der Waals surface area contributed by atoms with E-state index < -0.39 is 11.8 Å². The van der Waals surface area contributed by atoms with Crippen LogP contribution in [-0.4, -0.2) is 34.4 Å². The zero-order valence-electron chi connectivity index (χ0n) is 15.1. The molecule has 7 heteroatoms. The summed E-state index contributed by atoms with van der Waals surface area (Å²) in [6.07, 6.45) is 9.31. The maximum absolute atomic E-state index is 12.9. The standard InChI is InChI=1S/C20H21N3O4/c1-2-26-20(25)16-17(24)15(27-19(16)23-13-6-3-4-7-13)10-12-11-22-18-14(12)8-5-9-21-18/h5,8-11,13,23H,2-4,6-7H2,1H3,(H,21,22). The van der Waals surface area contributed by atoms with Crippen molar-refractivity contribution in [3.63, 3.8) is 0 Å². The quantitative estimate of drug-likeness (QED) is 0.480. The Morgan fingerprint density at radius 3 is 3.04 bits per heavy atom. The fourth-order valence-corrected chi connectivity index (χ4v) is 3.51. The third-order valence-corrected chi connectivity index (χ3v) is 4.83. The number of nitrogens with one attached hydrogen (secondary N) is 2. The van der Waals surface area contributed by atoms with Gasteiger partial charge in [-0.25, -0.2) is 9.78 Å². The molecular weight excluding hydrogens is 346 g/mol. The van der Waals surface area contributed by atoms with E-state index in [9.17, 15) is 9.59 Å². The number of pyridine rings is 1. The zero-order valence-corrected chi connectivity index (χ0v) is 15.1. The molecule has 2 aliphatic rings. The first-order chi connectivity index (χ1) is 13.2. The van der Waals surface area contributed by atoms with Crippen molar-refractivity contribution >= 4 is 28.9 Å². The van der Waals surface area contributed by atoms with Gasteiger partial charge in [0.25, 0.3) is 0 Å². The maximum atomic E-state index is 12.9. The number of H-pyrrole nitrogens is 1. The molecule has 2 aromatic heterocycles. The third kappa shape index (κ3) is 3.32. The van der Waals surface area contributed by atoms with E-state index in [1.807, 2.05) is 12.1 Å². The van der Waals surface area contributed by atoms with Gasteiger partial charge in [0.15, 0.2) is 11.3 Å². The highest BCUT2D eigenvalue weighted by Crippen LogP contribution is 2.30. The van der Waals surface area contributed by atoms with Crippen LogP contribution in [0.25, 0.3) is 17.1 Å². The minimum Gasteiger partial charge on any atom is -0.462 e. The smallest absolute Gasteiger partial charge is 0.347 e. The van der Waals surface area contributed by atoms with E-state index in [0.29, 0.717) is 0 Å². The number of Topliss-reactive ketones (excluding diaryl/α,β-unsaturated/α-hetero) is 1. The summed E-state index contributed by atoms with van der Waals surface area (Å²) in [5.74, 6) is -0.822. The molecule has 1 saturated carbocycles. The lowest BCUT2D eigenvalue weighted by molar-refractivity contribution is -0.139. The fourth-order valence-electron chi connectivity index (χ4n) is 3.51. The molecule has 27 heavy (non-hydrogen) atoms. The number of carbonyl (C=O) groups is 2. The molecule has 0 spiro atoms. The summed E-state index contributed by atoms with van der Waals surface area (Å²) in [7, 11) is 0. The molecule has 0 aromatic carbocycles. The van der Waals surface area contributed by atoms with Crippen LogP contribution < -0.4 is 5.32 Å². The minimum absolute atomic E-state index is 0.0621. The molecule has 2 N–H and O–H groups in total. The molecule has 140 valence electrons. The zero-order chi connectivity index (χ0) is 18.8. The first kappa shape index (κ1) is 17.3. The van der Waals surface area contributed by atoms with E-state index in [-0.39, 0.29) is 29.9 Å². The van der Waals surface area contributed by atoms with Crippen LogP contribution in [-0.2, 0) is 19.1 Å². The largest absolute Gasteiger partial charge is 0.462 e. The summed E-state index contributed by atoms with van der Waals surface area (Å²) in [4.78, 5) is 32.5. The van der Waals surface area contributed by atoms with Crippen molar-refractivity contribution < 1.29 is 19.1 Å². The van der Waals surface area contributed by atoms with Gasteiger partial charge in [0.1, 0.15) is 5.65 Å². The number of allylic oxidation sites excluding steroid dienone is 1. The second kappa shape index (κ2) is 7.26. The lowest BCUT2D eigenvalue weighted by Gasteiger charge is -2.14. The Hall–Kier alpha value is -3.09. The first-order valence-corrected chi connectivity index (χ1v) is 9.21. The van der Waals surface area contributed by atoms with Gasteiger partial charge < -0.3 is 19.8 Å². The van der Waals surface area contributed by atoms with Crippen molar-refractivity contribution in [2.24, 2.45) is 0 Å². The average Bonchev–Trinajstić information content (AvgIpc) is 3.37. The molecule has 7 nitrogen and oxygen atoms in total. The number of aromatic amines is 1. The number of fused-ring (bicyclic) bond motifs is 1. The molecule has 0 amide bonds. The van der Waals surface area contributed by atoms with Crippen LogP contribution >= 0.6 is 0 Å². The maximum Gasteiger partial charge on any atom is 0.347 e. The molecule has 1 fully saturated rings. The molecule has 3 heterocycles. The van der Waals surface area contributed by atoms with Crippen molar-refractivity contribution in [1.82, 2.24) is 15.3 Å². The second-order valence-corrected chi connectivity index (χ2v) is 6.63. The summed E-state index contributed by atoms with van der Waals surface area (Å²) in [6, 6.07) is 3.93. The van der Waals surface area contributed by atoms with Gasteiger partial charge in [-0.2, -0.15) is 0 Å². The lowest BCUT2D eigenvalue weighted by Crippen LogP contribution is -2.27. The number of aromatic nitrogens is 2. The number of carbonyl (C=O) groups excluding carboxylic acids is 2. The SMILES string of the molecule is CCOC(=O)C1=C(NC2CCCC2)OC(=Cc2c[nH]c3ncccc23)C1=O. The predicted molar refractivity (Wildman–Crippen MR) is 99.2 cm³/mol. The van der Waals surface area contributed by atoms with Crippen LogP contribution in [0.15, 0.2) is 41.7 Å². The van der Waals surface area contributed by atoms with Gasteiger partial charge in [-0.15, -0.1) is 0 Å². The highest BCUT2D eigenvalue weighted by atomic mass is 16.5. The molecule has 2 aromatic rings. The summed E-state index contributed by atoms with van der Waals surface area (Å²) < 4.78 is 10.8. The van der Waals surface area contributed by atoms with Gasteiger partial charge in [-0.1, -0.05) is 12.8 Å². The Labute approximate surface area is 156 Å². The second-order valence-electron chi connectivity index (χ2n) is 6.63. The lowest BCUT2D eigenvalue weighted by atomic mass is 10.1. The van der Waals surface area contributed by atoms with Crippen molar-refractivity contribution in [2.75, 3.05) is 6.61 Å². The highest BCUT2D eigenvalue weighted by Gasteiger charge is 2.38. The van der Waals surface area contributed by atoms with Crippen molar-refractivity contribution in [2.45, 2.75) is 38.6 Å². The molecule has 0 saturated heterocycles. The van der Waals surface area contributed by atoms with Gasteiger partial charge >= 0.3 is 5.97 Å². The van der Waals surface area contributed by atoms with Crippen molar-refractivity contribution in [1.29, 1.82) is 0 Å². The molecule has 0 atom stereocenters. The molecular formula is C20H21N3O4. The average molecular weight is 367 g/mol. The number of hydrogen-bond donors (Lipinski definition) is 2. The predicted octanol–water partition coefficient (Wildman–Crippen LogP) is 2.81. The summed E-state index contributed by atoms with van der Waals surface area (Å²) in [6.45, 7) is 1.90. The number of ketones is 1. The fraction of sp³-hybridized carbons (Fsp3) is 0.350. The van der Waals surface area contributed by atoms with Crippen LogP contribution in [0.3, 0.4) is 0 Å². The molecule has 0 bridgehead atoms. The molecule has 4 rings (SSSR count). The number of rotatable bonds is 5. The Morgan fingerprint density at radius 1 is 1.44 bits per heavy atom. The summed E-state index contributed by atoms with van der Waals surface area (Å²) in [5.41, 5.74) is 1.43. The van der Waals surface area contributed by atoms with E-state index >= 15 is 0 Å². The number of esters is 1. The normalized spacial score (nSPS) is 19.1. The number of ether oxygens (including phenoxy) is 2. The molecule has 0 unspecified atom stereocenters.